The Bertz CT molecular complexity index is 575. The van der Waals surface area contributed by atoms with Gasteiger partial charge in [-0.3, -0.25) is 0 Å². The van der Waals surface area contributed by atoms with E-state index in [0.29, 0.717) is 22.5 Å². The maximum atomic E-state index is 13.1. The lowest BCUT2D eigenvalue weighted by molar-refractivity contribution is 0.479. The Hall–Kier alpha value is -0.910. The molecule has 0 aliphatic heterocycles. The van der Waals surface area contributed by atoms with Gasteiger partial charge in [0.2, 0.25) is 0 Å². The van der Waals surface area contributed by atoms with Crippen molar-refractivity contribution in [2.75, 3.05) is 0 Å². The zero-order chi connectivity index (χ0) is 13.1. The largest absolute Gasteiger partial charge is 0.457 e. The van der Waals surface area contributed by atoms with Crippen molar-refractivity contribution in [1.82, 2.24) is 0 Å². The Kier molecular flexibility index (Phi) is 4.37. The van der Waals surface area contributed by atoms with Gasteiger partial charge < -0.3 is 10.5 Å². The van der Waals surface area contributed by atoms with Crippen molar-refractivity contribution in [2.24, 2.45) is 5.73 Å². The highest BCUT2D eigenvalue weighted by molar-refractivity contribution is 9.10. The second-order valence-corrected chi connectivity index (χ2v) is 5.34. The molecule has 0 aromatic heterocycles. The lowest BCUT2D eigenvalue weighted by Crippen LogP contribution is -1.97. The van der Waals surface area contributed by atoms with E-state index >= 15 is 0 Å². The molecule has 2 aromatic carbocycles. The first-order valence-corrected chi connectivity index (χ1v) is 6.80. The number of ether oxygens (including phenoxy) is 1. The van der Waals surface area contributed by atoms with E-state index in [0.717, 1.165) is 10.0 Å². The zero-order valence-corrected chi connectivity index (χ0v) is 12.5. The van der Waals surface area contributed by atoms with Crippen LogP contribution < -0.4 is 10.5 Å². The predicted molar refractivity (Wildman–Crippen MR) is 76.2 cm³/mol. The smallest absolute Gasteiger partial charge is 0.137 e. The summed E-state index contributed by atoms with van der Waals surface area (Å²) in [7, 11) is 0. The topological polar surface area (TPSA) is 35.2 Å². The Morgan fingerprint density at radius 3 is 2.17 bits per heavy atom. The third-order valence-corrected chi connectivity index (χ3v) is 3.72. The molecule has 0 aliphatic rings. The molecule has 0 aliphatic carbocycles. The number of rotatable bonds is 3. The number of halogens is 3. The molecule has 0 heterocycles. The molecular weight excluding hydrogens is 365 g/mol. The second kappa shape index (κ2) is 5.82. The van der Waals surface area contributed by atoms with E-state index in [9.17, 15) is 4.39 Å². The van der Waals surface area contributed by atoms with Crippen LogP contribution >= 0.6 is 31.9 Å². The highest BCUT2D eigenvalue weighted by atomic mass is 79.9. The molecule has 2 rings (SSSR count). The van der Waals surface area contributed by atoms with E-state index in [4.69, 9.17) is 10.5 Å². The van der Waals surface area contributed by atoms with Crippen molar-refractivity contribution in [2.45, 2.75) is 6.54 Å². The second-order valence-electron chi connectivity index (χ2n) is 3.64. The summed E-state index contributed by atoms with van der Waals surface area (Å²) in [5.41, 5.74) is 6.57. The fourth-order valence-electron chi connectivity index (χ4n) is 1.43. The summed E-state index contributed by atoms with van der Waals surface area (Å²) in [5, 5.41) is 0. The summed E-state index contributed by atoms with van der Waals surface area (Å²) in [6, 6.07) is 10.1. The first kappa shape index (κ1) is 13.5. The van der Waals surface area contributed by atoms with Crippen LogP contribution in [-0.4, -0.2) is 0 Å². The highest BCUT2D eigenvalue weighted by Gasteiger charge is 2.04. The van der Waals surface area contributed by atoms with Gasteiger partial charge in [0.25, 0.3) is 0 Å². The van der Waals surface area contributed by atoms with Crippen molar-refractivity contribution in [1.29, 1.82) is 0 Å². The van der Waals surface area contributed by atoms with Crippen molar-refractivity contribution in [3.05, 3.63) is 56.7 Å². The van der Waals surface area contributed by atoms with Gasteiger partial charge in [-0.1, -0.05) is 22.0 Å². The molecule has 0 saturated heterocycles. The summed E-state index contributed by atoms with van der Waals surface area (Å²) in [4.78, 5) is 0. The van der Waals surface area contributed by atoms with E-state index in [1.807, 2.05) is 18.2 Å². The molecule has 2 nitrogen and oxygen atoms in total. The summed E-state index contributed by atoms with van der Waals surface area (Å²) < 4.78 is 20.0. The van der Waals surface area contributed by atoms with Gasteiger partial charge in [-0.25, -0.2) is 4.39 Å². The molecule has 0 amide bonds. The van der Waals surface area contributed by atoms with Crippen LogP contribution in [0.2, 0.25) is 0 Å². The molecule has 0 atom stereocenters. The van der Waals surface area contributed by atoms with E-state index in [2.05, 4.69) is 31.9 Å². The molecule has 2 aromatic rings. The summed E-state index contributed by atoms with van der Waals surface area (Å²) >= 11 is 6.53. The highest BCUT2D eigenvalue weighted by Crippen LogP contribution is 2.29. The fourth-order valence-corrected chi connectivity index (χ4v) is 2.31. The summed E-state index contributed by atoms with van der Waals surface area (Å²) in [6.45, 7) is 0.461. The Labute approximate surface area is 121 Å². The Morgan fingerprint density at radius 2 is 1.61 bits per heavy atom. The number of hydrogen-bond acceptors (Lipinski definition) is 2. The molecule has 0 spiro atoms. The standard InChI is InChI=1S/C13H10Br2FNO/c14-11-5-9(2-1-8(11)7-17)18-10-3-4-13(16)12(15)6-10/h1-6H,7,17H2. The van der Waals surface area contributed by atoms with Crippen LogP contribution in [0.25, 0.3) is 0 Å². The average molecular weight is 375 g/mol. The van der Waals surface area contributed by atoms with Crippen LogP contribution in [-0.2, 0) is 6.54 Å². The third kappa shape index (κ3) is 3.10. The van der Waals surface area contributed by atoms with Gasteiger partial charge in [0.15, 0.2) is 0 Å². The lowest BCUT2D eigenvalue weighted by Gasteiger charge is -2.08. The fraction of sp³-hybridized carbons (Fsp3) is 0.0769. The van der Waals surface area contributed by atoms with E-state index in [1.54, 1.807) is 12.1 Å². The van der Waals surface area contributed by atoms with Gasteiger partial charge in [-0.05, 0) is 51.8 Å². The average Bonchev–Trinajstić information content (AvgIpc) is 2.34. The maximum absolute atomic E-state index is 13.1. The number of hydrogen-bond donors (Lipinski definition) is 1. The maximum Gasteiger partial charge on any atom is 0.137 e. The minimum Gasteiger partial charge on any atom is -0.457 e. The van der Waals surface area contributed by atoms with Gasteiger partial charge in [0, 0.05) is 11.0 Å². The summed E-state index contributed by atoms with van der Waals surface area (Å²) in [6.07, 6.45) is 0. The Morgan fingerprint density at radius 1 is 1.00 bits per heavy atom. The molecule has 0 bridgehead atoms. The monoisotopic (exact) mass is 373 g/mol. The van der Waals surface area contributed by atoms with E-state index in [-0.39, 0.29) is 5.82 Å². The molecule has 0 fully saturated rings. The van der Waals surface area contributed by atoms with Crippen LogP contribution in [0.3, 0.4) is 0 Å². The first-order valence-electron chi connectivity index (χ1n) is 5.21. The third-order valence-electron chi connectivity index (χ3n) is 2.37. The molecule has 0 unspecified atom stereocenters. The van der Waals surface area contributed by atoms with Crippen LogP contribution in [0.5, 0.6) is 11.5 Å². The predicted octanol–water partition coefficient (Wildman–Crippen LogP) is 4.60. The molecule has 0 radical (unpaired) electrons. The van der Waals surface area contributed by atoms with Crippen molar-refractivity contribution < 1.29 is 9.13 Å². The number of nitrogens with two attached hydrogens (primary N) is 1. The normalized spacial score (nSPS) is 10.4. The lowest BCUT2D eigenvalue weighted by atomic mass is 10.2. The van der Waals surface area contributed by atoms with E-state index in [1.165, 1.54) is 6.07 Å². The molecule has 94 valence electrons. The molecule has 2 N–H and O–H groups in total. The molecule has 18 heavy (non-hydrogen) atoms. The molecular formula is C13H10Br2FNO. The SMILES string of the molecule is NCc1ccc(Oc2ccc(F)c(Br)c2)cc1Br. The van der Waals surface area contributed by atoms with Crippen LogP contribution in [0.15, 0.2) is 45.3 Å². The molecule has 0 saturated carbocycles. The summed E-state index contributed by atoms with van der Waals surface area (Å²) in [5.74, 6) is 0.912. The van der Waals surface area contributed by atoms with Gasteiger partial charge >= 0.3 is 0 Å². The van der Waals surface area contributed by atoms with Gasteiger partial charge in [-0.2, -0.15) is 0 Å². The van der Waals surface area contributed by atoms with Gasteiger partial charge in [0.1, 0.15) is 17.3 Å². The quantitative estimate of drug-likeness (QED) is 0.851. The first-order chi connectivity index (χ1) is 8.60. The van der Waals surface area contributed by atoms with E-state index < -0.39 is 0 Å². The van der Waals surface area contributed by atoms with Crippen molar-refractivity contribution >= 4 is 31.9 Å². The Balaban J connectivity index is 2.23. The van der Waals surface area contributed by atoms with Gasteiger partial charge in [-0.15, -0.1) is 0 Å². The van der Waals surface area contributed by atoms with Gasteiger partial charge in [0.05, 0.1) is 4.47 Å². The minimum atomic E-state index is -0.318. The molecule has 5 heteroatoms. The number of benzene rings is 2. The van der Waals surface area contributed by atoms with Crippen LogP contribution in [0, 0.1) is 5.82 Å². The van der Waals surface area contributed by atoms with Crippen molar-refractivity contribution in [3.63, 3.8) is 0 Å². The minimum absolute atomic E-state index is 0.318. The van der Waals surface area contributed by atoms with Crippen molar-refractivity contribution in [3.8, 4) is 11.5 Å². The zero-order valence-electron chi connectivity index (χ0n) is 9.29. The van der Waals surface area contributed by atoms with Crippen LogP contribution in [0.1, 0.15) is 5.56 Å². The van der Waals surface area contributed by atoms with Crippen LogP contribution in [0.4, 0.5) is 4.39 Å².